The second kappa shape index (κ2) is 3.07. The highest BCUT2D eigenvalue weighted by Gasteiger charge is 2.32. The molecule has 0 saturated carbocycles. The number of aromatic amines is 1. The van der Waals surface area contributed by atoms with E-state index in [0.29, 0.717) is 5.41 Å². The van der Waals surface area contributed by atoms with Gasteiger partial charge in [-0.2, -0.15) is 0 Å². The first kappa shape index (κ1) is 8.63. The Morgan fingerprint density at radius 3 is 3.08 bits per heavy atom. The Balaban J connectivity index is 2.07. The van der Waals surface area contributed by atoms with Crippen LogP contribution in [0.1, 0.15) is 13.3 Å². The molecule has 3 heteroatoms. The Bertz CT molecular complexity index is 268. The Labute approximate surface area is 78.9 Å². The van der Waals surface area contributed by atoms with E-state index in [1.54, 1.807) is 0 Å². The number of rotatable bonds is 2. The van der Waals surface area contributed by atoms with Gasteiger partial charge in [0.15, 0.2) is 0 Å². The van der Waals surface area contributed by atoms with E-state index < -0.39 is 0 Å². The average molecular weight is 179 g/mol. The number of anilines is 1. The second-order valence-electron chi connectivity index (χ2n) is 4.24. The molecule has 0 radical (unpaired) electrons. The lowest BCUT2D eigenvalue weighted by Gasteiger charge is -2.22. The smallest absolute Gasteiger partial charge is 0.105 e. The van der Waals surface area contributed by atoms with E-state index in [1.807, 2.05) is 12.3 Å². The van der Waals surface area contributed by atoms with E-state index in [0.717, 1.165) is 19.6 Å². The highest BCUT2D eigenvalue weighted by molar-refractivity contribution is 5.40. The summed E-state index contributed by atoms with van der Waals surface area (Å²) in [4.78, 5) is 5.59. The largest absolute Gasteiger partial charge is 0.358 e. The molecule has 3 nitrogen and oxygen atoms in total. The van der Waals surface area contributed by atoms with E-state index in [1.165, 1.54) is 12.2 Å². The summed E-state index contributed by atoms with van der Waals surface area (Å²) in [6.07, 6.45) is 3.16. The number of nitrogens with two attached hydrogens (primary N) is 1. The number of aromatic nitrogens is 1. The SMILES string of the molecule is CC1(CN)CCN(c2ccc[nH]2)C1. The lowest BCUT2D eigenvalue weighted by Crippen LogP contribution is -2.31. The number of hydrogen-bond acceptors (Lipinski definition) is 2. The molecular weight excluding hydrogens is 162 g/mol. The van der Waals surface area contributed by atoms with Gasteiger partial charge in [-0.15, -0.1) is 0 Å². The molecule has 3 N–H and O–H groups in total. The summed E-state index contributed by atoms with van der Waals surface area (Å²) in [7, 11) is 0. The van der Waals surface area contributed by atoms with Gasteiger partial charge in [-0.25, -0.2) is 0 Å². The molecule has 0 aliphatic carbocycles. The van der Waals surface area contributed by atoms with Crippen LogP contribution in [0.15, 0.2) is 18.3 Å². The Morgan fingerprint density at radius 2 is 2.54 bits per heavy atom. The third-order valence-corrected chi connectivity index (χ3v) is 2.97. The zero-order chi connectivity index (χ0) is 9.31. The molecule has 2 heterocycles. The van der Waals surface area contributed by atoms with Gasteiger partial charge in [-0.1, -0.05) is 6.92 Å². The van der Waals surface area contributed by atoms with Crippen molar-refractivity contribution < 1.29 is 0 Å². The van der Waals surface area contributed by atoms with Crippen molar-refractivity contribution in [1.82, 2.24) is 4.98 Å². The van der Waals surface area contributed by atoms with Crippen molar-refractivity contribution >= 4 is 5.82 Å². The van der Waals surface area contributed by atoms with Crippen molar-refractivity contribution in [1.29, 1.82) is 0 Å². The van der Waals surface area contributed by atoms with Crippen LogP contribution in [0, 0.1) is 5.41 Å². The standard InChI is InChI=1S/C10H17N3/c1-10(7-11)4-6-13(8-10)9-3-2-5-12-9/h2-3,5,12H,4,6-8,11H2,1H3. The van der Waals surface area contributed by atoms with Gasteiger partial charge in [0.2, 0.25) is 0 Å². The third kappa shape index (κ3) is 1.56. The van der Waals surface area contributed by atoms with Crippen LogP contribution >= 0.6 is 0 Å². The van der Waals surface area contributed by atoms with Gasteiger partial charge in [0.1, 0.15) is 5.82 Å². The molecular formula is C10H17N3. The maximum absolute atomic E-state index is 5.75. The van der Waals surface area contributed by atoms with Crippen LogP contribution in [0.4, 0.5) is 5.82 Å². The summed E-state index contributed by atoms with van der Waals surface area (Å²) in [5, 5.41) is 0. The van der Waals surface area contributed by atoms with Crippen molar-refractivity contribution in [2.45, 2.75) is 13.3 Å². The maximum Gasteiger partial charge on any atom is 0.105 e. The zero-order valence-corrected chi connectivity index (χ0v) is 8.09. The van der Waals surface area contributed by atoms with Gasteiger partial charge >= 0.3 is 0 Å². The highest BCUT2D eigenvalue weighted by atomic mass is 15.2. The summed E-state index contributed by atoms with van der Waals surface area (Å²) in [5.74, 6) is 1.22. The monoisotopic (exact) mass is 179 g/mol. The van der Waals surface area contributed by atoms with Crippen molar-refractivity contribution in [3.05, 3.63) is 18.3 Å². The maximum atomic E-state index is 5.75. The van der Waals surface area contributed by atoms with Crippen molar-refractivity contribution in [2.24, 2.45) is 11.1 Å². The molecule has 0 spiro atoms. The topological polar surface area (TPSA) is 45.0 Å². The molecule has 0 bridgehead atoms. The molecule has 1 aromatic heterocycles. The molecule has 1 saturated heterocycles. The summed E-state index contributed by atoms with van der Waals surface area (Å²) in [5.41, 5.74) is 6.06. The molecule has 1 atom stereocenters. The van der Waals surface area contributed by atoms with Gasteiger partial charge < -0.3 is 15.6 Å². The molecule has 0 amide bonds. The zero-order valence-electron chi connectivity index (χ0n) is 8.09. The van der Waals surface area contributed by atoms with E-state index in [9.17, 15) is 0 Å². The number of H-pyrrole nitrogens is 1. The lowest BCUT2D eigenvalue weighted by molar-refractivity contribution is 0.383. The van der Waals surface area contributed by atoms with Gasteiger partial charge in [0.25, 0.3) is 0 Å². The van der Waals surface area contributed by atoms with Crippen LogP contribution in [0.2, 0.25) is 0 Å². The Hall–Kier alpha value is -0.960. The number of nitrogens with zero attached hydrogens (tertiary/aromatic N) is 1. The molecule has 13 heavy (non-hydrogen) atoms. The average Bonchev–Trinajstić information content (AvgIpc) is 2.73. The van der Waals surface area contributed by atoms with Gasteiger partial charge in [-0.3, -0.25) is 0 Å². The minimum Gasteiger partial charge on any atom is -0.358 e. The fourth-order valence-corrected chi connectivity index (χ4v) is 1.91. The van der Waals surface area contributed by atoms with Crippen LogP contribution in [0.5, 0.6) is 0 Å². The lowest BCUT2D eigenvalue weighted by atomic mass is 9.90. The molecule has 1 aliphatic rings. The van der Waals surface area contributed by atoms with Crippen molar-refractivity contribution in [3.8, 4) is 0 Å². The summed E-state index contributed by atoms with van der Waals surface area (Å²) in [6, 6.07) is 4.15. The van der Waals surface area contributed by atoms with Crippen LogP contribution in [-0.4, -0.2) is 24.6 Å². The second-order valence-corrected chi connectivity index (χ2v) is 4.24. The minimum atomic E-state index is 0.311. The van der Waals surface area contributed by atoms with Crippen LogP contribution in [0.3, 0.4) is 0 Å². The minimum absolute atomic E-state index is 0.311. The molecule has 1 aliphatic heterocycles. The van der Waals surface area contributed by atoms with Crippen LogP contribution < -0.4 is 10.6 Å². The number of nitrogens with one attached hydrogen (secondary N) is 1. The van der Waals surface area contributed by atoms with Gasteiger partial charge in [-0.05, 0) is 30.5 Å². The fraction of sp³-hybridized carbons (Fsp3) is 0.600. The van der Waals surface area contributed by atoms with E-state index in [-0.39, 0.29) is 0 Å². The van der Waals surface area contributed by atoms with Crippen LogP contribution in [-0.2, 0) is 0 Å². The predicted molar refractivity (Wildman–Crippen MR) is 54.8 cm³/mol. The molecule has 72 valence electrons. The molecule has 1 unspecified atom stereocenters. The fourth-order valence-electron chi connectivity index (χ4n) is 1.91. The summed E-state index contributed by atoms with van der Waals surface area (Å²) in [6.45, 7) is 5.23. The van der Waals surface area contributed by atoms with E-state index in [2.05, 4.69) is 22.9 Å². The Kier molecular flexibility index (Phi) is 2.04. The molecule has 1 aromatic rings. The highest BCUT2D eigenvalue weighted by Crippen LogP contribution is 2.31. The quantitative estimate of drug-likeness (QED) is 0.716. The normalized spacial score (nSPS) is 28.3. The first-order valence-corrected chi connectivity index (χ1v) is 4.82. The third-order valence-electron chi connectivity index (χ3n) is 2.97. The Morgan fingerprint density at radius 1 is 1.69 bits per heavy atom. The van der Waals surface area contributed by atoms with E-state index in [4.69, 9.17) is 5.73 Å². The predicted octanol–water partition coefficient (Wildman–Crippen LogP) is 1.19. The first-order chi connectivity index (χ1) is 6.23. The van der Waals surface area contributed by atoms with Gasteiger partial charge in [0, 0.05) is 19.3 Å². The number of hydrogen-bond donors (Lipinski definition) is 2. The van der Waals surface area contributed by atoms with Crippen LogP contribution in [0.25, 0.3) is 0 Å². The van der Waals surface area contributed by atoms with Crippen molar-refractivity contribution in [2.75, 3.05) is 24.5 Å². The van der Waals surface area contributed by atoms with Crippen molar-refractivity contribution in [3.63, 3.8) is 0 Å². The summed E-state index contributed by atoms with van der Waals surface area (Å²) >= 11 is 0. The molecule has 0 aromatic carbocycles. The molecule has 1 fully saturated rings. The van der Waals surface area contributed by atoms with Gasteiger partial charge in [0.05, 0.1) is 0 Å². The molecule has 2 rings (SSSR count). The summed E-state index contributed by atoms with van der Waals surface area (Å²) < 4.78 is 0. The van der Waals surface area contributed by atoms with E-state index >= 15 is 0 Å². The first-order valence-electron chi connectivity index (χ1n) is 4.82.